The van der Waals surface area contributed by atoms with E-state index in [2.05, 4.69) is 0 Å². The van der Waals surface area contributed by atoms with Gasteiger partial charge in [-0.1, -0.05) is 54.6 Å². The Bertz CT molecular complexity index is 557. The molecule has 0 aliphatic carbocycles. The van der Waals surface area contributed by atoms with Gasteiger partial charge < -0.3 is 10.3 Å². The summed E-state index contributed by atoms with van der Waals surface area (Å²) < 4.78 is 11.9. The van der Waals surface area contributed by atoms with E-state index in [0.717, 1.165) is 16.4 Å². The normalized spacial score (nSPS) is 13.3. The number of benzene rings is 2. The molecule has 0 saturated carbocycles. The van der Waals surface area contributed by atoms with Gasteiger partial charge in [-0.15, -0.1) is 0 Å². The van der Waals surface area contributed by atoms with Crippen molar-refractivity contribution in [2.24, 2.45) is 5.73 Å². The van der Waals surface area contributed by atoms with Crippen molar-refractivity contribution in [2.75, 3.05) is 13.3 Å². The maximum Gasteiger partial charge on any atom is 0.109 e. The average Bonchev–Trinajstić information content (AvgIpc) is 2.38. The van der Waals surface area contributed by atoms with E-state index in [-0.39, 0.29) is 6.04 Å². The molecular weight excluding hydrogens is 241 g/mol. The Morgan fingerprint density at radius 2 is 1.39 bits per heavy atom. The van der Waals surface area contributed by atoms with E-state index in [1.54, 1.807) is 13.3 Å². The SMILES string of the molecule is CP(C)(=O)c1ccc([C@H](N)c2ccccc2)cc1. The fourth-order valence-corrected chi connectivity index (χ4v) is 2.76. The standard InChI is InChI=1S/C15H18NOP/c1-18(2,17)14-10-8-13(9-11-14)15(16)12-6-4-3-5-7-12/h3-11,15H,16H2,1-2H3/t15-/m1/s1. The third kappa shape index (κ3) is 2.90. The van der Waals surface area contributed by atoms with Crippen LogP contribution in [0.2, 0.25) is 0 Å². The molecule has 0 unspecified atom stereocenters. The van der Waals surface area contributed by atoms with E-state index in [0.29, 0.717) is 0 Å². The maximum absolute atomic E-state index is 11.9. The summed E-state index contributed by atoms with van der Waals surface area (Å²) in [7, 11) is -2.18. The summed E-state index contributed by atoms with van der Waals surface area (Å²) in [6, 6.07) is 17.6. The van der Waals surface area contributed by atoms with Crippen LogP contribution in [-0.4, -0.2) is 13.3 Å². The molecule has 1 atom stereocenters. The Labute approximate surface area is 108 Å². The smallest absolute Gasteiger partial charge is 0.109 e. The fraction of sp³-hybridized carbons (Fsp3) is 0.200. The van der Waals surface area contributed by atoms with Crippen molar-refractivity contribution in [1.29, 1.82) is 0 Å². The Morgan fingerprint density at radius 3 is 1.89 bits per heavy atom. The zero-order chi connectivity index (χ0) is 13.2. The zero-order valence-corrected chi connectivity index (χ0v) is 11.6. The highest BCUT2D eigenvalue weighted by Gasteiger charge is 2.12. The van der Waals surface area contributed by atoms with Crippen LogP contribution in [-0.2, 0) is 4.57 Å². The van der Waals surface area contributed by atoms with Crippen molar-refractivity contribution in [3.8, 4) is 0 Å². The Kier molecular flexibility index (Phi) is 3.70. The Balaban J connectivity index is 2.28. The molecule has 0 heterocycles. The van der Waals surface area contributed by atoms with Crippen molar-refractivity contribution in [2.45, 2.75) is 6.04 Å². The van der Waals surface area contributed by atoms with Gasteiger partial charge in [-0.3, -0.25) is 0 Å². The molecule has 0 aliphatic heterocycles. The molecule has 0 radical (unpaired) electrons. The number of hydrogen-bond acceptors (Lipinski definition) is 2. The van der Waals surface area contributed by atoms with Crippen LogP contribution in [0.15, 0.2) is 54.6 Å². The topological polar surface area (TPSA) is 43.1 Å². The van der Waals surface area contributed by atoms with Crippen LogP contribution in [0.1, 0.15) is 17.2 Å². The molecule has 2 N–H and O–H groups in total. The average molecular weight is 259 g/mol. The molecule has 0 bridgehead atoms. The summed E-state index contributed by atoms with van der Waals surface area (Å²) in [5.41, 5.74) is 8.33. The first-order chi connectivity index (χ1) is 8.48. The molecular formula is C15H18NOP. The predicted molar refractivity (Wildman–Crippen MR) is 78.0 cm³/mol. The molecule has 2 nitrogen and oxygen atoms in total. The van der Waals surface area contributed by atoms with Crippen LogP contribution in [0.4, 0.5) is 0 Å². The van der Waals surface area contributed by atoms with Crippen molar-refractivity contribution in [1.82, 2.24) is 0 Å². The lowest BCUT2D eigenvalue weighted by Crippen LogP contribution is -2.13. The van der Waals surface area contributed by atoms with Crippen molar-refractivity contribution in [3.05, 3.63) is 65.7 Å². The quantitative estimate of drug-likeness (QED) is 0.861. The highest BCUT2D eigenvalue weighted by atomic mass is 31.2. The van der Waals surface area contributed by atoms with Crippen LogP contribution >= 0.6 is 7.14 Å². The molecule has 2 aromatic rings. The van der Waals surface area contributed by atoms with Crippen molar-refractivity contribution in [3.63, 3.8) is 0 Å². The number of nitrogens with two attached hydrogens (primary N) is 1. The molecule has 0 aromatic heterocycles. The zero-order valence-electron chi connectivity index (χ0n) is 10.7. The van der Waals surface area contributed by atoms with E-state index in [9.17, 15) is 4.57 Å². The van der Waals surface area contributed by atoms with E-state index >= 15 is 0 Å². The summed E-state index contributed by atoms with van der Waals surface area (Å²) >= 11 is 0. The largest absolute Gasteiger partial charge is 0.320 e. The lowest BCUT2D eigenvalue weighted by molar-refractivity contribution is 0.588. The maximum atomic E-state index is 11.9. The lowest BCUT2D eigenvalue weighted by Gasteiger charge is -2.14. The molecule has 0 amide bonds. The van der Waals surface area contributed by atoms with Gasteiger partial charge in [0.15, 0.2) is 0 Å². The van der Waals surface area contributed by atoms with Gasteiger partial charge in [0.25, 0.3) is 0 Å². The van der Waals surface area contributed by atoms with Gasteiger partial charge in [0.05, 0.1) is 6.04 Å². The first-order valence-corrected chi connectivity index (χ1v) is 8.54. The second-order valence-electron chi connectivity index (χ2n) is 4.83. The van der Waals surface area contributed by atoms with Gasteiger partial charge in [0.2, 0.25) is 0 Å². The van der Waals surface area contributed by atoms with Crippen LogP contribution in [0.5, 0.6) is 0 Å². The van der Waals surface area contributed by atoms with E-state index in [4.69, 9.17) is 5.73 Å². The van der Waals surface area contributed by atoms with Gasteiger partial charge in [0.1, 0.15) is 7.14 Å². The fourth-order valence-electron chi connectivity index (χ4n) is 1.89. The highest BCUT2D eigenvalue weighted by Crippen LogP contribution is 2.34. The van der Waals surface area contributed by atoms with E-state index < -0.39 is 7.14 Å². The molecule has 3 heteroatoms. The second kappa shape index (κ2) is 5.09. The summed E-state index contributed by atoms with van der Waals surface area (Å²) in [6.45, 7) is 3.55. The van der Waals surface area contributed by atoms with E-state index in [1.807, 2.05) is 54.6 Å². The molecule has 0 spiro atoms. The molecule has 2 aromatic carbocycles. The lowest BCUT2D eigenvalue weighted by atomic mass is 10.00. The van der Waals surface area contributed by atoms with Gasteiger partial charge in [-0.05, 0) is 24.5 Å². The van der Waals surface area contributed by atoms with Crippen molar-refractivity contribution < 1.29 is 4.57 Å². The second-order valence-corrected chi connectivity index (χ2v) is 8.05. The first-order valence-electron chi connectivity index (χ1n) is 5.94. The van der Waals surface area contributed by atoms with Crippen molar-refractivity contribution >= 4 is 12.4 Å². The van der Waals surface area contributed by atoms with Crippen LogP contribution < -0.4 is 11.0 Å². The summed E-state index contributed by atoms with van der Waals surface area (Å²) in [6.07, 6.45) is 0. The van der Waals surface area contributed by atoms with Gasteiger partial charge in [0, 0.05) is 5.30 Å². The third-order valence-electron chi connectivity index (χ3n) is 3.03. The van der Waals surface area contributed by atoms with Gasteiger partial charge >= 0.3 is 0 Å². The molecule has 0 fully saturated rings. The predicted octanol–water partition coefficient (Wildman–Crippen LogP) is 2.98. The molecule has 94 valence electrons. The van der Waals surface area contributed by atoms with Crippen LogP contribution in [0.3, 0.4) is 0 Å². The summed E-state index contributed by atoms with van der Waals surface area (Å²) in [5, 5.41) is 0.895. The van der Waals surface area contributed by atoms with Gasteiger partial charge in [-0.2, -0.15) is 0 Å². The highest BCUT2D eigenvalue weighted by molar-refractivity contribution is 7.70. The minimum Gasteiger partial charge on any atom is -0.320 e. The minimum absolute atomic E-state index is 0.131. The third-order valence-corrected chi connectivity index (χ3v) is 4.57. The molecule has 18 heavy (non-hydrogen) atoms. The number of rotatable bonds is 3. The molecule has 2 rings (SSSR count). The first kappa shape index (κ1) is 13.1. The Morgan fingerprint density at radius 1 is 0.889 bits per heavy atom. The van der Waals surface area contributed by atoms with Gasteiger partial charge in [-0.25, -0.2) is 0 Å². The Hall–Kier alpha value is -1.37. The summed E-state index contributed by atoms with van der Waals surface area (Å²) in [4.78, 5) is 0. The molecule has 0 aliphatic rings. The van der Waals surface area contributed by atoms with Crippen LogP contribution in [0.25, 0.3) is 0 Å². The summed E-state index contributed by atoms with van der Waals surface area (Å²) in [5.74, 6) is 0. The van der Waals surface area contributed by atoms with Crippen LogP contribution in [0, 0.1) is 0 Å². The minimum atomic E-state index is -2.18. The monoisotopic (exact) mass is 259 g/mol. The number of hydrogen-bond donors (Lipinski definition) is 1. The molecule has 0 saturated heterocycles. The van der Waals surface area contributed by atoms with E-state index in [1.165, 1.54) is 0 Å².